The first-order valence-corrected chi connectivity index (χ1v) is 17.0. The molecule has 2 aliphatic rings. The van der Waals surface area contributed by atoms with Gasteiger partial charge < -0.3 is 35.4 Å². The number of piperidine rings is 1. The van der Waals surface area contributed by atoms with E-state index in [1.165, 1.54) is 19.2 Å². The Hall–Kier alpha value is -4.96. The van der Waals surface area contributed by atoms with Crippen LogP contribution >= 0.6 is 0 Å². The molecular formula is C39H43F3N6O5. The van der Waals surface area contributed by atoms with E-state index in [2.05, 4.69) is 39.6 Å². The van der Waals surface area contributed by atoms with Crippen LogP contribution in [0, 0.1) is 47.2 Å². The van der Waals surface area contributed by atoms with Crippen LogP contribution in [-0.4, -0.2) is 87.3 Å². The van der Waals surface area contributed by atoms with Crippen molar-refractivity contribution in [3.05, 3.63) is 59.1 Å². The van der Waals surface area contributed by atoms with Crippen molar-refractivity contribution in [3.8, 4) is 41.5 Å². The van der Waals surface area contributed by atoms with Gasteiger partial charge in [-0.3, -0.25) is 0 Å². The van der Waals surface area contributed by atoms with Gasteiger partial charge in [0.15, 0.2) is 5.82 Å². The van der Waals surface area contributed by atoms with Gasteiger partial charge in [0, 0.05) is 47.7 Å². The highest BCUT2D eigenvalue weighted by Crippen LogP contribution is 2.42. The van der Waals surface area contributed by atoms with Crippen LogP contribution in [0.2, 0.25) is 0 Å². The van der Waals surface area contributed by atoms with E-state index in [0.717, 1.165) is 4.90 Å². The quantitative estimate of drug-likeness (QED) is 0.126. The molecule has 2 unspecified atom stereocenters. The Balaban J connectivity index is 0.000000303. The number of rotatable bonds is 4. The summed E-state index contributed by atoms with van der Waals surface area (Å²) < 4.78 is 54.9. The third kappa shape index (κ3) is 7.74. The molecule has 2 fully saturated rings. The molecule has 5 N–H and O–H groups in total. The van der Waals surface area contributed by atoms with Gasteiger partial charge in [0.2, 0.25) is 0 Å². The standard InChI is InChI=1S/C29H25F2N5O2.C10H18FNO3/c1-5-7-22-24-27(34-29(37-4)35-28(24)36-10-11-38-15-16(3)14-36)25(31)26(33-22)20-13-18(32)12-17-8-9-21(30)19(6-2)23(17)20;1-7-9(2,3)8(6-11)4-5-12(7)10(13,14)15/h2,8-9,12-13,16H,10-11,14-15,32H2,1,3-4H3;6-7,13-15H,4-5H2,1-3H3/b;8-6+. The fourth-order valence-electron chi connectivity index (χ4n) is 6.83. The topological polar surface area (TPSA) is 150 Å². The third-order valence-corrected chi connectivity index (χ3v) is 9.88. The summed E-state index contributed by atoms with van der Waals surface area (Å²) >= 11 is 0. The Morgan fingerprint density at radius 3 is 2.49 bits per heavy atom. The van der Waals surface area contributed by atoms with Gasteiger partial charge in [-0.1, -0.05) is 38.7 Å². The molecule has 0 amide bonds. The van der Waals surface area contributed by atoms with Crippen molar-refractivity contribution in [2.75, 3.05) is 50.6 Å². The first-order chi connectivity index (χ1) is 25.1. The molecule has 0 aliphatic carbocycles. The summed E-state index contributed by atoms with van der Waals surface area (Å²) in [4.78, 5) is 16.7. The second-order valence-electron chi connectivity index (χ2n) is 13.7. The summed E-state index contributed by atoms with van der Waals surface area (Å²) in [6.45, 7) is 11.5. The lowest BCUT2D eigenvalue weighted by Gasteiger charge is -2.48. The number of likely N-dealkylation sites (tertiary alicyclic amines) is 1. The number of benzene rings is 2. The fourth-order valence-corrected chi connectivity index (χ4v) is 6.83. The molecule has 0 saturated carbocycles. The van der Waals surface area contributed by atoms with Crippen molar-refractivity contribution >= 4 is 33.2 Å². The van der Waals surface area contributed by atoms with Crippen molar-refractivity contribution in [1.29, 1.82) is 0 Å². The minimum Gasteiger partial charge on any atom is -0.467 e. The maximum absolute atomic E-state index is 16.5. The lowest BCUT2D eigenvalue weighted by molar-refractivity contribution is -0.405. The number of hydrogen-bond acceptors (Lipinski definition) is 11. The zero-order chi connectivity index (χ0) is 38.8. The highest BCUT2D eigenvalue weighted by Gasteiger charge is 2.45. The van der Waals surface area contributed by atoms with Crippen LogP contribution in [0.4, 0.5) is 24.7 Å². The van der Waals surface area contributed by atoms with Crippen molar-refractivity contribution in [2.45, 2.75) is 53.2 Å². The van der Waals surface area contributed by atoms with Crippen LogP contribution in [0.5, 0.6) is 6.01 Å². The molecule has 4 heterocycles. The maximum Gasteiger partial charge on any atom is 0.346 e. The zero-order valence-corrected chi connectivity index (χ0v) is 30.5. The zero-order valence-electron chi connectivity index (χ0n) is 30.5. The first-order valence-electron chi connectivity index (χ1n) is 17.0. The predicted molar refractivity (Wildman–Crippen MR) is 197 cm³/mol. The maximum atomic E-state index is 16.5. The number of methoxy groups -OCH3 is 1. The molecule has 11 nitrogen and oxygen atoms in total. The molecule has 0 bridgehead atoms. The molecular weight excluding hydrogens is 689 g/mol. The second-order valence-corrected chi connectivity index (χ2v) is 13.7. The van der Waals surface area contributed by atoms with Gasteiger partial charge in [0.25, 0.3) is 0 Å². The third-order valence-electron chi connectivity index (χ3n) is 9.88. The number of aliphatic hydroxyl groups is 3. The molecule has 4 aromatic rings. The van der Waals surface area contributed by atoms with E-state index in [9.17, 15) is 8.78 Å². The van der Waals surface area contributed by atoms with Crippen molar-refractivity contribution in [1.82, 2.24) is 19.9 Å². The fraction of sp³-hybridized carbons (Fsp3) is 0.410. The molecule has 2 saturated heterocycles. The molecule has 53 heavy (non-hydrogen) atoms. The molecule has 2 aromatic carbocycles. The van der Waals surface area contributed by atoms with Gasteiger partial charge in [-0.2, -0.15) is 9.97 Å². The van der Waals surface area contributed by atoms with E-state index in [1.807, 2.05) is 4.90 Å². The Morgan fingerprint density at radius 1 is 1.11 bits per heavy atom. The number of ether oxygens (including phenoxy) is 2. The number of terminal acetylenes is 1. The van der Waals surface area contributed by atoms with E-state index >= 15 is 4.39 Å². The summed E-state index contributed by atoms with van der Waals surface area (Å²) in [5, 5.41) is 28.6. The van der Waals surface area contributed by atoms with Crippen molar-refractivity contribution in [2.24, 2.45) is 11.3 Å². The highest BCUT2D eigenvalue weighted by molar-refractivity contribution is 6.04. The Morgan fingerprint density at radius 2 is 1.85 bits per heavy atom. The summed E-state index contributed by atoms with van der Waals surface area (Å²) in [5.41, 5.74) is 6.95. The minimum absolute atomic E-state index is 0.00966. The van der Waals surface area contributed by atoms with Crippen LogP contribution in [0.1, 0.15) is 52.3 Å². The SMILES string of the molecule is C#Cc1c(F)ccc2cc(N)cc(-c3nc(C#CC)c4c(N5CCOCC(C)C5)nc(OC)nc4c3F)c12.CC1N(C(O)(O)O)CC/C(=C\F)C1(C)C. The summed E-state index contributed by atoms with van der Waals surface area (Å²) in [5.74, 6) is 7.53. The van der Waals surface area contributed by atoms with E-state index < -0.39 is 23.1 Å². The lowest BCUT2D eigenvalue weighted by atomic mass is 9.73. The second kappa shape index (κ2) is 15.6. The molecule has 14 heteroatoms. The number of nitrogen functional groups attached to an aromatic ring is 1. The summed E-state index contributed by atoms with van der Waals surface area (Å²) in [6.07, 6.45) is 3.77. The average Bonchev–Trinajstić information content (AvgIpc) is 3.33. The Bertz CT molecular complexity index is 2170. The highest BCUT2D eigenvalue weighted by atomic mass is 19.1. The van der Waals surface area contributed by atoms with Gasteiger partial charge in [0.1, 0.15) is 28.5 Å². The van der Waals surface area contributed by atoms with Gasteiger partial charge in [-0.15, -0.1) is 6.42 Å². The van der Waals surface area contributed by atoms with E-state index in [0.29, 0.717) is 72.3 Å². The first kappa shape index (κ1) is 39.3. The molecule has 0 spiro atoms. The van der Waals surface area contributed by atoms with Crippen molar-refractivity contribution in [3.63, 3.8) is 0 Å². The predicted octanol–water partition coefficient (Wildman–Crippen LogP) is 5.09. The smallest absolute Gasteiger partial charge is 0.346 e. The summed E-state index contributed by atoms with van der Waals surface area (Å²) in [7, 11) is 1.42. The minimum atomic E-state index is -2.83. The van der Waals surface area contributed by atoms with E-state index in [4.69, 9.17) is 37.0 Å². The number of nitrogens with two attached hydrogens (primary N) is 1. The van der Waals surface area contributed by atoms with Crippen LogP contribution in [0.25, 0.3) is 32.9 Å². The molecule has 280 valence electrons. The lowest BCUT2D eigenvalue weighted by Crippen LogP contribution is -2.60. The van der Waals surface area contributed by atoms with Gasteiger partial charge in [-0.25, -0.2) is 23.1 Å². The molecule has 2 aliphatic heterocycles. The van der Waals surface area contributed by atoms with Crippen molar-refractivity contribution < 1.29 is 38.0 Å². The molecule has 2 atom stereocenters. The summed E-state index contributed by atoms with van der Waals surface area (Å²) in [6, 6.07) is 5.60. The number of pyridine rings is 1. The average molecular weight is 733 g/mol. The van der Waals surface area contributed by atoms with E-state index in [1.54, 1.807) is 39.8 Å². The number of anilines is 2. The molecule has 0 radical (unpaired) electrons. The number of hydrogen-bond donors (Lipinski definition) is 4. The van der Waals surface area contributed by atoms with Gasteiger partial charge in [-0.05, 0) is 61.3 Å². The molecule has 2 aromatic heterocycles. The van der Waals surface area contributed by atoms with Gasteiger partial charge >= 0.3 is 12.1 Å². The normalized spacial score (nSPS) is 19.9. The van der Waals surface area contributed by atoms with E-state index in [-0.39, 0.29) is 52.5 Å². The number of aromatic nitrogens is 3. The monoisotopic (exact) mass is 732 g/mol. The Kier molecular flexibility index (Phi) is 11.5. The number of halogens is 3. The molecule has 6 rings (SSSR count). The van der Waals surface area contributed by atoms with Crippen LogP contribution < -0.4 is 15.4 Å². The van der Waals surface area contributed by atoms with Crippen LogP contribution in [-0.2, 0) is 4.74 Å². The van der Waals surface area contributed by atoms with Gasteiger partial charge in [0.05, 0.1) is 37.6 Å². The Labute approximate surface area is 306 Å². The number of fused-ring (bicyclic) bond motifs is 2. The largest absolute Gasteiger partial charge is 0.467 e. The van der Waals surface area contributed by atoms with Crippen LogP contribution in [0.15, 0.2) is 36.2 Å². The number of nitrogens with zero attached hydrogens (tertiary/aromatic N) is 5. The van der Waals surface area contributed by atoms with Crippen LogP contribution in [0.3, 0.4) is 0 Å².